The number of carbonyl (C=O) groups excluding carboxylic acids is 3. The summed E-state index contributed by atoms with van der Waals surface area (Å²) in [5.74, 6) is -1.04. The van der Waals surface area contributed by atoms with Crippen molar-refractivity contribution >= 4 is 35.2 Å². The molecule has 232 valence electrons. The SMILES string of the molecule is CCCCCCCN(C(=O)C(NC(=O)OC(C)(C)C)C(C)C)C(C(=O)Nc1c(C)cccc1Cl)c1ccc(O)c(C)c1. The van der Waals surface area contributed by atoms with Crippen LogP contribution >= 0.6 is 11.6 Å². The average Bonchev–Trinajstić information content (AvgIpc) is 2.89. The Bertz CT molecular complexity index is 1200. The predicted molar refractivity (Wildman–Crippen MR) is 169 cm³/mol. The summed E-state index contributed by atoms with van der Waals surface area (Å²) in [5.41, 5.74) is 1.61. The molecule has 8 nitrogen and oxygen atoms in total. The van der Waals surface area contributed by atoms with E-state index in [2.05, 4.69) is 17.6 Å². The normalized spacial score (nSPS) is 12.9. The van der Waals surface area contributed by atoms with Crippen LogP contribution in [0.2, 0.25) is 5.02 Å². The van der Waals surface area contributed by atoms with Crippen LogP contribution in [-0.2, 0) is 14.3 Å². The second kappa shape index (κ2) is 15.8. The summed E-state index contributed by atoms with van der Waals surface area (Å²) < 4.78 is 5.46. The number of alkyl carbamates (subject to hydrolysis) is 1. The van der Waals surface area contributed by atoms with Gasteiger partial charge in [0.1, 0.15) is 23.4 Å². The first-order valence-corrected chi connectivity index (χ1v) is 15.2. The summed E-state index contributed by atoms with van der Waals surface area (Å²) in [6.45, 7) is 15.0. The fourth-order valence-corrected chi connectivity index (χ4v) is 4.95. The molecule has 0 saturated carbocycles. The van der Waals surface area contributed by atoms with Crippen LogP contribution in [0, 0.1) is 19.8 Å². The maximum atomic E-state index is 14.4. The van der Waals surface area contributed by atoms with Crippen LogP contribution in [0.25, 0.3) is 0 Å². The van der Waals surface area contributed by atoms with Gasteiger partial charge in [0.25, 0.3) is 5.91 Å². The van der Waals surface area contributed by atoms with Gasteiger partial charge >= 0.3 is 6.09 Å². The number of unbranched alkanes of at least 4 members (excludes halogenated alkanes) is 4. The molecule has 2 unspecified atom stereocenters. The zero-order valence-electron chi connectivity index (χ0n) is 26.3. The number of benzene rings is 2. The highest BCUT2D eigenvalue weighted by atomic mass is 35.5. The number of halogens is 1. The third-order valence-electron chi connectivity index (χ3n) is 6.96. The molecule has 0 aliphatic heterocycles. The van der Waals surface area contributed by atoms with Gasteiger partial charge in [-0.25, -0.2) is 4.79 Å². The number of aromatic hydroxyl groups is 1. The number of ether oxygens (including phenoxy) is 1. The third kappa shape index (κ3) is 10.2. The number of amides is 3. The molecule has 3 amide bonds. The lowest BCUT2D eigenvalue weighted by Gasteiger charge is -2.36. The van der Waals surface area contributed by atoms with Gasteiger partial charge in [0.05, 0.1) is 10.7 Å². The highest BCUT2D eigenvalue weighted by Crippen LogP contribution is 2.32. The lowest BCUT2D eigenvalue weighted by molar-refractivity contribution is -0.141. The number of phenolic OH excluding ortho intramolecular Hbond substituents is 1. The molecule has 2 aromatic rings. The summed E-state index contributed by atoms with van der Waals surface area (Å²) >= 11 is 6.46. The molecule has 9 heteroatoms. The van der Waals surface area contributed by atoms with Gasteiger partial charge in [-0.05, 0) is 81.8 Å². The fourth-order valence-electron chi connectivity index (χ4n) is 4.68. The summed E-state index contributed by atoms with van der Waals surface area (Å²) in [5, 5.41) is 16.3. The van der Waals surface area contributed by atoms with Gasteiger partial charge in [-0.3, -0.25) is 9.59 Å². The second-order valence-electron chi connectivity index (χ2n) is 12.2. The minimum Gasteiger partial charge on any atom is -0.508 e. The van der Waals surface area contributed by atoms with Crippen LogP contribution in [0.5, 0.6) is 5.75 Å². The van der Waals surface area contributed by atoms with Crippen molar-refractivity contribution in [2.45, 2.75) is 105 Å². The van der Waals surface area contributed by atoms with Gasteiger partial charge in [0.2, 0.25) is 5.91 Å². The molecule has 0 fully saturated rings. The van der Waals surface area contributed by atoms with E-state index in [1.807, 2.05) is 26.8 Å². The van der Waals surface area contributed by atoms with Gasteiger partial charge in [-0.1, -0.05) is 76.3 Å². The standard InChI is InChI=1S/C33H48ClN3O5/c1-9-10-11-12-13-19-37(31(40)27(21(2)3)36-32(41)42-33(6,7)8)29(24-17-18-26(38)23(5)20-24)30(39)35-28-22(4)15-14-16-25(28)34/h14-18,20-21,27,29,38H,9-13,19H2,1-8H3,(H,35,39)(H,36,41). The lowest BCUT2D eigenvalue weighted by Crippen LogP contribution is -2.54. The topological polar surface area (TPSA) is 108 Å². The van der Waals surface area contributed by atoms with E-state index in [1.165, 1.54) is 6.07 Å². The van der Waals surface area contributed by atoms with Crippen molar-refractivity contribution in [2.75, 3.05) is 11.9 Å². The minimum atomic E-state index is -1.06. The van der Waals surface area contributed by atoms with Crippen molar-refractivity contribution < 1.29 is 24.2 Å². The van der Waals surface area contributed by atoms with E-state index >= 15 is 0 Å². The van der Waals surface area contributed by atoms with Crippen molar-refractivity contribution in [1.29, 1.82) is 0 Å². The van der Waals surface area contributed by atoms with Crippen molar-refractivity contribution in [2.24, 2.45) is 5.92 Å². The molecule has 0 aromatic heterocycles. The number of phenols is 1. The molecule has 3 N–H and O–H groups in total. The summed E-state index contributed by atoms with van der Waals surface area (Å²) in [6.07, 6.45) is 4.02. The van der Waals surface area contributed by atoms with Crippen molar-refractivity contribution in [3.05, 3.63) is 58.1 Å². The quantitative estimate of drug-likeness (QED) is 0.204. The molecule has 2 atom stereocenters. The predicted octanol–water partition coefficient (Wildman–Crippen LogP) is 7.69. The van der Waals surface area contributed by atoms with E-state index in [-0.39, 0.29) is 11.7 Å². The fraction of sp³-hybridized carbons (Fsp3) is 0.545. The first-order valence-electron chi connectivity index (χ1n) is 14.8. The smallest absolute Gasteiger partial charge is 0.408 e. The lowest BCUT2D eigenvalue weighted by atomic mass is 9.97. The monoisotopic (exact) mass is 601 g/mol. The third-order valence-corrected chi connectivity index (χ3v) is 7.27. The number of hydrogen-bond donors (Lipinski definition) is 3. The molecule has 0 radical (unpaired) electrons. The number of aryl methyl sites for hydroxylation is 2. The zero-order valence-corrected chi connectivity index (χ0v) is 27.1. The summed E-state index contributed by atoms with van der Waals surface area (Å²) in [6, 6.07) is 8.23. The first-order chi connectivity index (χ1) is 19.7. The molecule has 2 rings (SSSR count). The Kier molecular flexibility index (Phi) is 13.2. The minimum absolute atomic E-state index is 0.0870. The molecular weight excluding hydrogens is 554 g/mol. The van der Waals surface area contributed by atoms with E-state index in [0.717, 1.165) is 31.2 Å². The Labute approximate surface area is 256 Å². The Morgan fingerprint density at radius 2 is 1.67 bits per heavy atom. The van der Waals surface area contributed by atoms with Crippen LogP contribution in [0.3, 0.4) is 0 Å². The van der Waals surface area contributed by atoms with Crippen molar-refractivity contribution in [1.82, 2.24) is 10.2 Å². The van der Waals surface area contributed by atoms with Crippen LogP contribution in [-0.4, -0.2) is 46.1 Å². The van der Waals surface area contributed by atoms with E-state index < -0.39 is 35.6 Å². The van der Waals surface area contributed by atoms with Crippen LogP contribution in [0.15, 0.2) is 36.4 Å². The Morgan fingerprint density at radius 3 is 2.24 bits per heavy atom. The van der Waals surface area contributed by atoms with E-state index in [1.54, 1.807) is 56.9 Å². The molecule has 0 aliphatic carbocycles. The molecule has 42 heavy (non-hydrogen) atoms. The number of para-hydroxylation sites is 1. The van der Waals surface area contributed by atoms with E-state index in [9.17, 15) is 19.5 Å². The van der Waals surface area contributed by atoms with E-state index in [0.29, 0.717) is 34.8 Å². The Hall–Kier alpha value is -3.26. The van der Waals surface area contributed by atoms with Gasteiger partial charge in [-0.15, -0.1) is 0 Å². The van der Waals surface area contributed by atoms with Gasteiger partial charge in [0, 0.05) is 6.54 Å². The van der Waals surface area contributed by atoms with Crippen LogP contribution in [0.4, 0.5) is 10.5 Å². The maximum absolute atomic E-state index is 14.4. The van der Waals surface area contributed by atoms with Crippen molar-refractivity contribution in [3.8, 4) is 5.75 Å². The van der Waals surface area contributed by atoms with Gasteiger partial charge in [-0.2, -0.15) is 0 Å². The van der Waals surface area contributed by atoms with Crippen molar-refractivity contribution in [3.63, 3.8) is 0 Å². The summed E-state index contributed by atoms with van der Waals surface area (Å²) in [4.78, 5) is 42.8. The highest BCUT2D eigenvalue weighted by molar-refractivity contribution is 6.34. The summed E-state index contributed by atoms with van der Waals surface area (Å²) in [7, 11) is 0. The number of carbonyl (C=O) groups is 3. The second-order valence-corrected chi connectivity index (χ2v) is 12.6. The molecule has 0 heterocycles. The zero-order chi connectivity index (χ0) is 31.6. The molecule has 0 saturated heterocycles. The van der Waals surface area contributed by atoms with Gasteiger partial charge < -0.3 is 25.4 Å². The number of rotatable bonds is 13. The molecule has 0 bridgehead atoms. The molecular formula is C33H48ClN3O5. The van der Waals surface area contributed by atoms with Crippen LogP contribution < -0.4 is 10.6 Å². The largest absolute Gasteiger partial charge is 0.508 e. The first kappa shape index (κ1) is 34.9. The number of nitrogens with zero attached hydrogens (tertiary/aromatic N) is 1. The Morgan fingerprint density at radius 1 is 1.00 bits per heavy atom. The molecule has 0 aliphatic rings. The Balaban J connectivity index is 2.60. The number of nitrogens with one attached hydrogen (secondary N) is 2. The number of anilines is 1. The highest BCUT2D eigenvalue weighted by Gasteiger charge is 2.37. The van der Waals surface area contributed by atoms with E-state index in [4.69, 9.17) is 16.3 Å². The van der Waals surface area contributed by atoms with Crippen LogP contribution in [0.1, 0.15) is 96.4 Å². The molecule has 0 spiro atoms. The molecule has 2 aromatic carbocycles. The van der Waals surface area contributed by atoms with Gasteiger partial charge in [0.15, 0.2) is 0 Å². The average molecular weight is 602 g/mol. The maximum Gasteiger partial charge on any atom is 0.408 e. The number of hydrogen-bond acceptors (Lipinski definition) is 5.